The fourth-order valence-corrected chi connectivity index (χ4v) is 5.31. The number of anilines is 1. The van der Waals surface area contributed by atoms with E-state index in [0.717, 1.165) is 18.2 Å². The van der Waals surface area contributed by atoms with Crippen LogP contribution in [0.5, 0.6) is 0 Å². The number of nitrogens with zero attached hydrogens (tertiary/aromatic N) is 3. The fourth-order valence-electron chi connectivity index (χ4n) is 5.31. The van der Waals surface area contributed by atoms with Crippen molar-refractivity contribution in [3.8, 4) is 0 Å². The van der Waals surface area contributed by atoms with Crippen molar-refractivity contribution in [3.05, 3.63) is 65.2 Å². The molecule has 35 heavy (non-hydrogen) atoms. The lowest BCUT2D eigenvalue weighted by molar-refractivity contribution is -0.142. The van der Waals surface area contributed by atoms with E-state index in [9.17, 15) is 18.4 Å². The molecule has 2 fully saturated rings. The summed E-state index contributed by atoms with van der Waals surface area (Å²) in [6.45, 7) is 0.455. The first kappa shape index (κ1) is 23.2. The van der Waals surface area contributed by atoms with Gasteiger partial charge in [-0.15, -0.1) is 0 Å². The zero-order chi connectivity index (χ0) is 24.7. The number of carboxylic acids is 1. The van der Waals surface area contributed by atoms with Crippen LogP contribution in [-0.4, -0.2) is 39.2 Å². The minimum Gasteiger partial charge on any atom is -0.481 e. The largest absolute Gasteiger partial charge is 0.481 e. The molecule has 10 heteroatoms. The third-order valence-electron chi connectivity index (χ3n) is 7.14. The number of aromatic nitrogens is 2. The van der Waals surface area contributed by atoms with Crippen LogP contribution in [0.4, 0.5) is 18.9 Å². The summed E-state index contributed by atoms with van der Waals surface area (Å²) in [5.41, 5.74) is 0.437. The van der Waals surface area contributed by atoms with E-state index in [-0.39, 0.29) is 28.4 Å². The predicted molar refractivity (Wildman–Crippen MR) is 122 cm³/mol. The Labute approximate surface area is 199 Å². The van der Waals surface area contributed by atoms with Crippen molar-refractivity contribution < 1.29 is 27.9 Å². The van der Waals surface area contributed by atoms with Crippen molar-refractivity contribution in [1.82, 2.24) is 14.9 Å². The number of aliphatic carboxylic acids is 1. The van der Waals surface area contributed by atoms with E-state index < -0.39 is 41.3 Å². The van der Waals surface area contributed by atoms with Gasteiger partial charge in [0.05, 0.1) is 29.4 Å². The second-order valence-electron chi connectivity index (χ2n) is 9.24. The minimum atomic E-state index is -0.828. The van der Waals surface area contributed by atoms with Crippen LogP contribution in [0.1, 0.15) is 60.5 Å². The number of halogens is 3. The zero-order valence-electron chi connectivity index (χ0n) is 18.9. The van der Waals surface area contributed by atoms with E-state index in [4.69, 9.17) is 5.11 Å². The van der Waals surface area contributed by atoms with E-state index >= 15 is 4.39 Å². The van der Waals surface area contributed by atoms with Crippen molar-refractivity contribution in [3.63, 3.8) is 0 Å². The van der Waals surface area contributed by atoms with Crippen molar-refractivity contribution >= 4 is 23.1 Å². The third kappa shape index (κ3) is 4.33. The molecular weight excluding hydrogens is 461 g/mol. The maximum Gasteiger partial charge on any atom is 0.306 e. The Hall–Kier alpha value is -3.56. The molecule has 2 aromatic heterocycles. The molecule has 0 spiro atoms. The van der Waals surface area contributed by atoms with Crippen molar-refractivity contribution in [1.29, 1.82) is 0 Å². The van der Waals surface area contributed by atoms with Gasteiger partial charge in [0.2, 0.25) is 0 Å². The highest BCUT2D eigenvalue weighted by Crippen LogP contribution is 2.39. The number of carbonyl (C=O) groups excluding carboxylic acids is 1. The molecule has 1 saturated carbocycles. The lowest BCUT2D eigenvalue weighted by Crippen LogP contribution is -2.38. The smallest absolute Gasteiger partial charge is 0.306 e. The molecule has 0 bridgehead atoms. The van der Waals surface area contributed by atoms with Crippen LogP contribution in [0.2, 0.25) is 0 Å². The highest BCUT2D eigenvalue weighted by molar-refractivity contribution is 6.01. The second-order valence-corrected chi connectivity index (χ2v) is 9.24. The highest BCUT2D eigenvalue weighted by Gasteiger charge is 2.32. The number of rotatable bonds is 5. The minimum absolute atomic E-state index is 0.00425. The molecular formula is C25H25F3N4O3. The van der Waals surface area contributed by atoms with Crippen LogP contribution in [0, 0.1) is 23.4 Å². The molecule has 1 amide bonds. The number of hydrogen-bond acceptors (Lipinski definition) is 4. The number of hydrogen-bond donors (Lipinski definition) is 2. The molecule has 1 aliphatic carbocycles. The maximum absolute atomic E-state index is 15.8. The van der Waals surface area contributed by atoms with E-state index in [0.29, 0.717) is 45.1 Å². The highest BCUT2D eigenvalue weighted by atomic mass is 19.1. The van der Waals surface area contributed by atoms with Crippen LogP contribution >= 0.6 is 0 Å². The summed E-state index contributed by atoms with van der Waals surface area (Å²) in [4.78, 5) is 25.9. The van der Waals surface area contributed by atoms with Gasteiger partial charge < -0.3 is 15.3 Å². The molecule has 0 unspecified atom stereocenters. The molecule has 1 saturated heterocycles. The SMILES string of the molecule is O=C(N[C@H]1CC[C@H](C(=O)O)CC1)c1cnn2ccc(N3CCC[C@@H]3c3cc(F)ccc3F)c(F)c12. The molecule has 1 aromatic carbocycles. The number of benzene rings is 1. The van der Waals surface area contributed by atoms with Gasteiger partial charge in [0.25, 0.3) is 5.91 Å². The van der Waals surface area contributed by atoms with E-state index in [1.807, 2.05) is 0 Å². The molecule has 184 valence electrons. The van der Waals surface area contributed by atoms with Gasteiger partial charge in [-0.1, -0.05) is 0 Å². The number of fused-ring (bicyclic) bond motifs is 1. The Morgan fingerprint density at radius 2 is 1.83 bits per heavy atom. The molecule has 2 N–H and O–H groups in total. The van der Waals surface area contributed by atoms with Gasteiger partial charge in [-0.25, -0.2) is 17.7 Å². The van der Waals surface area contributed by atoms with Crippen LogP contribution in [-0.2, 0) is 4.79 Å². The first-order valence-corrected chi connectivity index (χ1v) is 11.7. The zero-order valence-corrected chi connectivity index (χ0v) is 18.9. The number of amides is 1. The Kier molecular flexibility index (Phi) is 6.12. The summed E-state index contributed by atoms with van der Waals surface area (Å²) in [5.74, 6) is -3.48. The molecule has 7 nitrogen and oxygen atoms in total. The third-order valence-corrected chi connectivity index (χ3v) is 7.14. The Balaban J connectivity index is 1.42. The number of carboxylic acid groups (broad SMARTS) is 1. The quantitative estimate of drug-likeness (QED) is 0.556. The van der Waals surface area contributed by atoms with Crippen molar-refractivity contribution in [2.75, 3.05) is 11.4 Å². The van der Waals surface area contributed by atoms with Gasteiger partial charge in [0.15, 0.2) is 5.82 Å². The Morgan fingerprint density at radius 3 is 2.57 bits per heavy atom. The van der Waals surface area contributed by atoms with Gasteiger partial charge in [-0.3, -0.25) is 9.59 Å². The first-order valence-electron chi connectivity index (χ1n) is 11.7. The normalized spacial score (nSPS) is 22.5. The van der Waals surface area contributed by atoms with Crippen molar-refractivity contribution in [2.45, 2.75) is 50.6 Å². The van der Waals surface area contributed by atoms with Gasteiger partial charge in [-0.2, -0.15) is 5.10 Å². The standard InChI is InChI=1S/C25H25F3N4O3/c26-15-5-8-19(27)17(12-15)20-2-1-10-31(20)21-9-11-32-23(22(21)28)18(13-29-32)24(33)30-16-6-3-14(4-7-16)25(34)35/h5,8-9,11-14,16,20H,1-4,6-7,10H2,(H,30,33)(H,34,35)/t14-,16-,20-/m1/s1. The molecule has 1 aliphatic heterocycles. The number of carbonyl (C=O) groups is 2. The van der Waals surface area contributed by atoms with Crippen LogP contribution in [0.15, 0.2) is 36.7 Å². The fraction of sp³-hybridized carbons (Fsp3) is 0.400. The predicted octanol–water partition coefficient (Wildman–Crippen LogP) is 4.47. The van der Waals surface area contributed by atoms with E-state index in [1.54, 1.807) is 11.1 Å². The van der Waals surface area contributed by atoms with Gasteiger partial charge in [-0.05, 0) is 62.8 Å². The molecule has 2 aliphatic rings. The van der Waals surface area contributed by atoms with Gasteiger partial charge >= 0.3 is 5.97 Å². The molecule has 5 rings (SSSR count). The Morgan fingerprint density at radius 1 is 1.06 bits per heavy atom. The van der Waals surface area contributed by atoms with Crippen LogP contribution < -0.4 is 10.2 Å². The summed E-state index contributed by atoms with van der Waals surface area (Å²) in [6.07, 6.45) is 6.07. The maximum atomic E-state index is 15.8. The van der Waals surface area contributed by atoms with Gasteiger partial charge in [0, 0.05) is 24.3 Å². The summed E-state index contributed by atoms with van der Waals surface area (Å²) in [5, 5.41) is 16.1. The van der Waals surface area contributed by atoms with Crippen LogP contribution in [0.25, 0.3) is 5.52 Å². The first-order chi connectivity index (χ1) is 16.8. The topological polar surface area (TPSA) is 86.9 Å². The lowest BCUT2D eigenvalue weighted by atomic mass is 9.86. The molecule has 3 heterocycles. The lowest BCUT2D eigenvalue weighted by Gasteiger charge is -2.28. The van der Waals surface area contributed by atoms with Crippen LogP contribution in [0.3, 0.4) is 0 Å². The summed E-state index contributed by atoms with van der Waals surface area (Å²) in [6, 6.07) is 4.07. The molecule has 1 atom stereocenters. The van der Waals surface area contributed by atoms with Crippen molar-refractivity contribution in [2.24, 2.45) is 5.92 Å². The Bertz CT molecular complexity index is 1290. The summed E-state index contributed by atoms with van der Waals surface area (Å²) >= 11 is 0. The average Bonchev–Trinajstić information content (AvgIpc) is 3.49. The molecule has 0 radical (unpaired) electrons. The van der Waals surface area contributed by atoms with E-state index in [2.05, 4.69) is 10.4 Å². The van der Waals surface area contributed by atoms with E-state index in [1.165, 1.54) is 16.8 Å². The van der Waals surface area contributed by atoms with Gasteiger partial charge in [0.1, 0.15) is 17.2 Å². The number of nitrogens with one attached hydrogen (secondary N) is 1. The number of pyridine rings is 1. The molecule has 3 aromatic rings. The summed E-state index contributed by atoms with van der Waals surface area (Å²) in [7, 11) is 0. The average molecular weight is 486 g/mol. The summed E-state index contributed by atoms with van der Waals surface area (Å²) < 4.78 is 45.4. The monoisotopic (exact) mass is 486 g/mol. The second kappa shape index (κ2) is 9.24.